The molecule has 0 aliphatic carbocycles. The molecule has 0 aliphatic rings. The van der Waals surface area contributed by atoms with E-state index in [0.29, 0.717) is 17.6 Å². The van der Waals surface area contributed by atoms with Crippen LogP contribution in [0, 0.1) is 0 Å². The first-order valence-corrected chi connectivity index (χ1v) is 17.9. The molecule has 0 spiro atoms. The largest absolute Gasteiger partial charge is 0.309 e. The van der Waals surface area contributed by atoms with Gasteiger partial charge < -0.3 is 4.57 Å². The normalized spacial score (nSPS) is 11.9. The summed E-state index contributed by atoms with van der Waals surface area (Å²) in [5, 5.41) is 7.20. The Morgan fingerprint density at radius 1 is 0.392 bits per heavy atom. The molecular formula is C45H27N5S. The van der Waals surface area contributed by atoms with Crippen LogP contribution >= 0.6 is 11.3 Å². The molecule has 0 fully saturated rings. The van der Waals surface area contributed by atoms with Gasteiger partial charge in [-0.15, -0.1) is 11.3 Å². The van der Waals surface area contributed by atoms with E-state index in [2.05, 4.69) is 155 Å². The molecule has 0 radical (unpaired) electrons. The maximum absolute atomic E-state index is 5.34. The van der Waals surface area contributed by atoms with Gasteiger partial charge in [0.2, 0.25) is 5.95 Å². The maximum atomic E-state index is 5.34. The average Bonchev–Trinajstić information content (AvgIpc) is 3.85. The summed E-state index contributed by atoms with van der Waals surface area (Å²) in [7, 11) is 0. The first-order chi connectivity index (χ1) is 25.3. The highest BCUT2D eigenvalue weighted by atomic mass is 32.1. The Kier molecular flexibility index (Phi) is 6.05. The Hall–Kier alpha value is -6.63. The van der Waals surface area contributed by atoms with E-state index in [1.54, 1.807) is 11.3 Å². The van der Waals surface area contributed by atoms with Crippen molar-refractivity contribution >= 4 is 75.1 Å². The minimum absolute atomic E-state index is 0.588. The molecule has 7 aromatic carbocycles. The highest BCUT2D eigenvalue weighted by molar-refractivity contribution is 7.26. The predicted octanol–water partition coefficient (Wildman–Crippen LogP) is 11.8. The lowest BCUT2D eigenvalue weighted by Gasteiger charge is -2.12. The Morgan fingerprint density at radius 2 is 0.980 bits per heavy atom. The molecule has 0 amide bonds. The first-order valence-electron chi connectivity index (χ1n) is 17.0. The molecule has 51 heavy (non-hydrogen) atoms. The van der Waals surface area contributed by atoms with Crippen molar-refractivity contribution in [3.63, 3.8) is 0 Å². The van der Waals surface area contributed by atoms with Gasteiger partial charge in [0.1, 0.15) is 0 Å². The van der Waals surface area contributed by atoms with Gasteiger partial charge in [0, 0.05) is 58.5 Å². The predicted molar refractivity (Wildman–Crippen MR) is 212 cm³/mol. The van der Waals surface area contributed by atoms with Crippen molar-refractivity contribution < 1.29 is 0 Å². The number of hydrogen-bond donors (Lipinski definition) is 0. The molecular weight excluding hydrogens is 643 g/mol. The molecule has 0 aliphatic heterocycles. The zero-order valence-electron chi connectivity index (χ0n) is 27.2. The van der Waals surface area contributed by atoms with E-state index in [4.69, 9.17) is 15.0 Å². The summed E-state index contributed by atoms with van der Waals surface area (Å²) in [5.74, 6) is 1.88. The third-order valence-electron chi connectivity index (χ3n) is 9.98. The number of para-hydroxylation sites is 3. The van der Waals surface area contributed by atoms with Crippen molar-refractivity contribution in [2.45, 2.75) is 0 Å². The lowest BCUT2D eigenvalue weighted by molar-refractivity contribution is 0.954. The topological polar surface area (TPSA) is 48.5 Å². The van der Waals surface area contributed by atoms with Crippen molar-refractivity contribution in [3.05, 3.63) is 164 Å². The van der Waals surface area contributed by atoms with Crippen LogP contribution in [0.1, 0.15) is 0 Å². The van der Waals surface area contributed by atoms with E-state index in [1.807, 2.05) is 18.2 Å². The molecule has 0 N–H and O–H groups in total. The van der Waals surface area contributed by atoms with Gasteiger partial charge in [0.25, 0.3) is 0 Å². The molecule has 0 unspecified atom stereocenters. The number of hydrogen-bond acceptors (Lipinski definition) is 4. The van der Waals surface area contributed by atoms with E-state index >= 15 is 0 Å². The van der Waals surface area contributed by atoms with Gasteiger partial charge in [-0.05, 0) is 48.5 Å². The average molecular weight is 670 g/mol. The maximum Gasteiger partial charge on any atom is 0.238 e. The number of benzene rings is 7. The van der Waals surface area contributed by atoms with Crippen LogP contribution in [0.4, 0.5) is 0 Å². The smallest absolute Gasteiger partial charge is 0.238 e. The van der Waals surface area contributed by atoms with E-state index < -0.39 is 0 Å². The first kappa shape index (κ1) is 28.2. The van der Waals surface area contributed by atoms with E-state index in [-0.39, 0.29) is 0 Å². The highest BCUT2D eigenvalue weighted by Gasteiger charge is 2.22. The summed E-state index contributed by atoms with van der Waals surface area (Å²) < 4.78 is 7.01. The van der Waals surface area contributed by atoms with Gasteiger partial charge in [-0.1, -0.05) is 115 Å². The van der Waals surface area contributed by atoms with Crippen LogP contribution in [0.3, 0.4) is 0 Å². The van der Waals surface area contributed by atoms with Gasteiger partial charge in [0.05, 0.1) is 22.1 Å². The molecule has 0 bridgehead atoms. The Labute approximate surface area is 296 Å². The van der Waals surface area contributed by atoms with E-state index in [1.165, 1.54) is 36.5 Å². The van der Waals surface area contributed by atoms with Crippen molar-refractivity contribution in [2.75, 3.05) is 0 Å². The van der Waals surface area contributed by atoms with Crippen LogP contribution in [-0.4, -0.2) is 24.1 Å². The second kappa shape index (κ2) is 10.9. The van der Waals surface area contributed by atoms with E-state index in [0.717, 1.165) is 44.1 Å². The molecule has 238 valence electrons. The van der Waals surface area contributed by atoms with Crippen LogP contribution < -0.4 is 0 Å². The molecule has 11 aromatic rings. The highest BCUT2D eigenvalue weighted by Crippen LogP contribution is 2.41. The van der Waals surface area contributed by atoms with Gasteiger partial charge >= 0.3 is 0 Å². The summed E-state index contributed by atoms with van der Waals surface area (Å²) >= 11 is 1.79. The lowest BCUT2D eigenvalue weighted by Crippen LogP contribution is -2.06. The second-order valence-electron chi connectivity index (χ2n) is 12.9. The molecule has 11 rings (SSSR count). The van der Waals surface area contributed by atoms with Crippen LogP contribution in [0.15, 0.2) is 164 Å². The molecule has 0 saturated carbocycles. The molecule has 0 atom stereocenters. The zero-order chi connectivity index (χ0) is 33.5. The molecule has 5 nitrogen and oxygen atoms in total. The Bertz CT molecular complexity index is 3140. The van der Waals surface area contributed by atoms with Crippen LogP contribution in [0.2, 0.25) is 0 Å². The molecule has 4 aromatic heterocycles. The minimum Gasteiger partial charge on any atom is -0.309 e. The van der Waals surface area contributed by atoms with Crippen molar-refractivity contribution in [3.8, 4) is 34.4 Å². The quantitative estimate of drug-likeness (QED) is 0.187. The number of rotatable bonds is 4. The van der Waals surface area contributed by atoms with Gasteiger partial charge in [-0.25, -0.2) is 4.98 Å². The van der Waals surface area contributed by atoms with Crippen LogP contribution in [-0.2, 0) is 0 Å². The second-order valence-corrected chi connectivity index (χ2v) is 13.9. The summed E-state index contributed by atoms with van der Waals surface area (Å²) in [6.45, 7) is 0. The number of fused-ring (bicyclic) bond motifs is 9. The molecule has 6 heteroatoms. The summed E-state index contributed by atoms with van der Waals surface area (Å²) in [6, 6.07) is 57.8. The Morgan fingerprint density at radius 3 is 1.75 bits per heavy atom. The third-order valence-corrected chi connectivity index (χ3v) is 11.2. The Balaban J connectivity index is 1.25. The molecule has 0 saturated heterocycles. The standard InChI is InChI=1S/C45H27N5S/c1-3-14-28(15-4-1)43-46-44(34-22-13-21-33-32-20-9-12-25-41(32)51-42(33)34)48-45(47-43)50-38-24-11-8-19-31(38)36-26-35-30-18-7-10-23-37(30)49(39(35)27-40(36)50)29-16-5-2-6-17-29/h1-27H. The lowest BCUT2D eigenvalue weighted by atomic mass is 10.1. The van der Waals surface area contributed by atoms with Crippen molar-refractivity contribution in [1.82, 2.24) is 24.1 Å². The SMILES string of the molecule is c1ccc(-c2nc(-c3cccc4c3sc3ccccc34)nc(-n3c4ccccc4c4cc5c6ccccc6n(-c6ccccc6)c5cc43)n2)cc1. The minimum atomic E-state index is 0.588. The summed E-state index contributed by atoms with van der Waals surface area (Å²) in [6.07, 6.45) is 0. The number of thiophene rings is 1. The monoisotopic (exact) mass is 669 g/mol. The van der Waals surface area contributed by atoms with Gasteiger partial charge in [-0.2, -0.15) is 9.97 Å². The molecule has 4 heterocycles. The third kappa shape index (κ3) is 4.24. The zero-order valence-corrected chi connectivity index (χ0v) is 28.0. The summed E-state index contributed by atoms with van der Waals surface area (Å²) in [4.78, 5) is 15.7. The van der Waals surface area contributed by atoms with E-state index in [9.17, 15) is 0 Å². The fourth-order valence-electron chi connectivity index (χ4n) is 7.73. The number of aromatic nitrogens is 5. The van der Waals surface area contributed by atoms with Gasteiger partial charge in [0.15, 0.2) is 11.6 Å². The van der Waals surface area contributed by atoms with Crippen LogP contribution in [0.5, 0.6) is 0 Å². The van der Waals surface area contributed by atoms with Gasteiger partial charge in [-0.3, -0.25) is 4.57 Å². The van der Waals surface area contributed by atoms with Crippen LogP contribution in [0.25, 0.3) is 98.2 Å². The van der Waals surface area contributed by atoms with Crippen molar-refractivity contribution in [2.24, 2.45) is 0 Å². The number of nitrogens with zero attached hydrogens (tertiary/aromatic N) is 5. The summed E-state index contributed by atoms with van der Waals surface area (Å²) in [5.41, 5.74) is 7.46. The van der Waals surface area contributed by atoms with Crippen molar-refractivity contribution in [1.29, 1.82) is 0 Å². The fourth-order valence-corrected chi connectivity index (χ4v) is 8.94. The fraction of sp³-hybridized carbons (Fsp3) is 0.